The fraction of sp³-hybridized carbons (Fsp3) is 0.882. The third kappa shape index (κ3) is 10.3. The van der Waals surface area contributed by atoms with Crippen molar-refractivity contribution in [2.45, 2.75) is 85.9 Å². The van der Waals surface area contributed by atoms with Crippen LogP contribution in [-0.4, -0.2) is 23.1 Å². The summed E-state index contributed by atoms with van der Waals surface area (Å²) in [5.41, 5.74) is -1.14. The summed E-state index contributed by atoms with van der Waals surface area (Å²) in [6, 6.07) is 0. The van der Waals surface area contributed by atoms with Gasteiger partial charge in [0.2, 0.25) is 0 Å². The largest absolute Gasteiger partial charge is 0.345 e. The van der Waals surface area contributed by atoms with Crippen LogP contribution in [-0.2, 0) is 29.1 Å². The molecule has 23 heavy (non-hydrogen) atoms. The van der Waals surface area contributed by atoms with Crippen LogP contribution in [0.2, 0.25) is 0 Å². The van der Waals surface area contributed by atoms with Crippen LogP contribution in [0.5, 0.6) is 0 Å². The molecule has 0 aromatic rings. The Kier molecular flexibility index (Phi) is 8.77. The highest BCUT2D eigenvalue weighted by atomic mass is 17.2. The summed E-state index contributed by atoms with van der Waals surface area (Å²) in [6.07, 6.45) is 1.44. The fourth-order valence-corrected chi connectivity index (χ4v) is 1.67. The fourth-order valence-electron chi connectivity index (χ4n) is 1.67. The van der Waals surface area contributed by atoms with Crippen molar-refractivity contribution >= 4 is 11.9 Å². The molecule has 0 aliphatic rings. The molecular weight excluding hydrogens is 300 g/mol. The highest BCUT2D eigenvalue weighted by Gasteiger charge is 2.30. The van der Waals surface area contributed by atoms with Gasteiger partial charge >= 0.3 is 11.9 Å². The van der Waals surface area contributed by atoms with Crippen molar-refractivity contribution in [3.63, 3.8) is 0 Å². The van der Waals surface area contributed by atoms with Gasteiger partial charge in [0.1, 0.15) is 11.2 Å². The quantitative estimate of drug-likeness (QED) is 0.494. The average Bonchev–Trinajstić information content (AvgIpc) is 2.42. The Labute approximate surface area is 139 Å². The molecule has 136 valence electrons. The maximum absolute atomic E-state index is 12.1. The minimum Gasteiger partial charge on any atom is -0.298 e. The lowest BCUT2D eigenvalue weighted by atomic mass is 9.91. The minimum atomic E-state index is -0.572. The van der Waals surface area contributed by atoms with Crippen molar-refractivity contribution in [2.75, 3.05) is 0 Å². The van der Waals surface area contributed by atoms with E-state index in [4.69, 9.17) is 19.6 Å². The molecule has 0 radical (unpaired) electrons. The second-order valence-corrected chi connectivity index (χ2v) is 7.64. The molecule has 0 heterocycles. The predicted molar refractivity (Wildman–Crippen MR) is 86.0 cm³/mol. The van der Waals surface area contributed by atoms with Gasteiger partial charge in [0.05, 0.1) is 11.8 Å². The first-order valence-corrected chi connectivity index (χ1v) is 8.18. The molecule has 6 nitrogen and oxygen atoms in total. The monoisotopic (exact) mass is 332 g/mol. The Hall–Kier alpha value is -1.14. The van der Waals surface area contributed by atoms with Gasteiger partial charge in [0.15, 0.2) is 0 Å². The third-order valence-corrected chi connectivity index (χ3v) is 2.97. The van der Waals surface area contributed by atoms with E-state index in [9.17, 15) is 9.59 Å². The van der Waals surface area contributed by atoms with E-state index in [1.54, 1.807) is 41.5 Å². The van der Waals surface area contributed by atoms with Gasteiger partial charge in [0, 0.05) is 0 Å². The second-order valence-electron chi connectivity index (χ2n) is 7.64. The smallest absolute Gasteiger partial charge is 0.298 e. The van der Waals surface area contributed by atoms with E-state index in [1.165, 1.54) is 0 Å². The molecule has 0 spiro atoms. The Bertz CT molecular complexity index is 342. The van der Waals surface area contributed by atoms with Crippen LogP contribution in [0.25, 0.3) is 0 Å². The van der Waals surface area contributed by atoms with Gasteiger partial charge < -0.3 is 0 Å². The van der Waals surface area contributed by atoms with E-state index >= 15 is 0 Å². The highest BCUT2D eigenvalue weighted by molar-refractivity contribution is 5.75. The van der Waals surface area contributed by atoms with E-state index in [0.717, 1.165) is 0 Å². The van der Waals surface area contributed by atoms with Gasteiger partial charge in [-0.1, -0.05) is 13.8 Å². The van der Waals surface area contributed by atoms with E-state index in [2.05, 4.69) is 0 Å². The Morgan fingerprint density at radius 3 is 1.26 bits per heavy atom. The lowest BCUT2D eigenvalue weighted by Gasteiger charge is -2.22. The van der Waals surface area contributed by atoms with Crippen molar-refractivity contribution in [1.82, 2.24) is 0 Å². The molecular formula is C17H32O6. The van der Waals surface area contributed by atoms with Gasteiger partial charge in [-0.15, -0.1) is 0 Å². The number of hydrogen-bond donors (Lipinski definition) is 0. The lowest BCUT2D eigenvalue weighted by Crippen LogP contribution is -2.30. The maximum atomic E-state index is 12.1. The SMILES string of the molecule is CCC(CC(CC)C(=O)OOC(C)(C)C)C(=O)OOC(C)(C)C. The van der Waals surface area contributed by atoms with Gasteiger partial charge in [-0.3, -0.25) is 9.78 Å². The molecule has 0 aliphatic heterocycles. The third-order valence-electron chi connectivity index (χ3n) is 2.97. The Morgan fingerprint density at radius 1 is 0.739 bits per heavy atom. The molecule has 6 heteroatoms. The number of rotatable bonds is 8. The van der Waals surface area contributed by atoms with Gasteiger partial charge in [-0.2, -0.15) is 9.78 Å². The van der Waals surface area contributed by atoms with Gasteiger partial charge in [0.25, 0.3) is 0 Å². The molecule has 0 aliphatic carbocycles. The van der Waals surface area contributed by atoms with E-state index < -0.39 is 35.0 Å². The van der Waals surface area contributed by atoms with Crippen LogP contribution in [0.1, 0.15) is 74.7 Å². The summed E-state index contributed by atoms with van der Waals surface area (Å²) in [4.78, 5) is 44.0. The highest BCUT2D eigenvalue weighted by Crippen LogP contribution is 2.23. The molecule has 0 rings (SSSR count). The number of carbonyl (C=O) groups excluding carboxylic acids is 2. The predicted octanol–water partition coefficient (Wildman–Crippen LogP) is 3.98. The summed E-state index contributed by atoms with van der Waals surface area (Å²) in [5, 5.41) is 0. The number of hydrogen-bond acceptors (Lipinski definition) is 6. The van der Waals surface area contributed by atoms with Crippen molar-refractivity contribution in [1.29, 1.82) is 0 Å². The number of carbonyl (C=O) groups is 2. The normalized spacial score (nSPS) is 15.0. The molecule has 0 fully saturated rings. The summed E-state index contributed by atoms with van der Waals surface area (Å²) < 4.78 is 0. The average molecular weight is 332 g/mol. The zero-order valence-corrected chi connectivity index (χ0v) is 15.7. The van der Waals surface area contributed by atoms with Crippen LogP contribution in [0.15, 0.2) is 0 Å². The first-order chi connectivity index (χ1) is 10.4. The first-order valence-electron chi connectivity index (χ1n) is 8.18. The van der Waals surface area contributed by atoms with Crippen LogP contribution in [0.4, 0.5) is 0 Å². The van der Waals surface area contributed by atoms with E-state index in [0.29, 0.717) is 19.3 Å². The summed E-state index contributed by atoms with van der Waals surface area (Å²) in [7, 11) is 0. The van der Waals surface area contributed by atoms with Crippen molar-refractivity contribution in [3.8, 4) is 0 Å². The summed E-state index contributed by atoms with van der Waals surface area (Å²) in [6.45, 7) is 14.5. The van der Waals surface area contributed by atoms with Crippen LogP contribution < -0.4 is 0 Å². The zero-order valence-electron chi connectivity index (χ0n) is 15.7. The van der Waals surface area contributed by atoms with Crippen molar-refractivity contribution in [3.05, 3.63) is 0 Å². The summed E-state index contributed by atoms with van der Waals surface area (Å²) in [5.74, 6) is -1.79. The maximum Gasteiger partial charge on any atom is 0.345 e. The van der Waals surface area contributed by atoms with Gasteiger partial charge in [-0.25, -0.2) is 9.59 Å². The molecule has 0 aromatic heterocycles. The van der Waals surface area contributed by atoms with Crippen molar-refractivity contribution in [2.24, 2.45) is 11.8 Å². The zero-order chi connectivity index (χ0) is 18.3. The molecule has 0 amide bonds. The molecule has 0 saturated carbocycles. The van der Waals surface area contributed by atoms with E-state index in [-0.39, 0.29) is 0 Å². The second kappa shape index (κ2) is 9.23. The molecule has 0 bridgehead atoms. The first kappa shape index (κ1) is 21.9. The lowest BCUT2D eigenvalue weighted by molar-refractivity contribution is -0.326. The van der Waals surface area contributed by atoms with Crippen LogP contribution in [0.3, 0.4) is 0 Å². The Balaban J connectivity index is 4.60. The minimum absolute atomic E-state index is 0.339. The van der Waals surface area contributed by atoms with Gasteiger partial charge in [-0.05, 0) is 60.8 Å². The molecule has 0 N–H and O–H groups in total. The van der Waals surface area contributed by atoms with Crippen LogP contribution >= 0.6 is 0 Å². The molecule has 2 unspecified atom stereocenters. The molecule has 0 saturated heterocycles. The van der Waals surface area contributed by atoms with E-state index in [1.807, 2.05) is 13.8 Å². The topological polar surface area (TPSA) is 71.1 Å². The standard InChI is InChI=1S/C17H32O6/c1-9-12(14(18)20-22-16(3,4)5)11-13(10-2)15(19)21-23-17(6,7)8/h12-13H,9-11H2,1-8H3. The van der Waals surface area contributed by atoms with Crippen LogP contribution in [0, 0.1) is 11.8 Å². The molecule has 2 atom stereocenters. The summed E-state index contributed by atoms with van der Waals surface area (Å²) >= 11 is 0. The van der Waals surface area contributed by atoms with Crippen molar-refractivity contribution < 1.29 is 29.1 Å². The molecule has 0 aromatic carbocycles. The Morgan fingerprint density at radius 2 is 1.04 bits per heavy atom.